The Hall–Kier alpha value is -2.30. The van der Waals surface area contributed by atoms with Crippen molar-refractivity contribution in [2.45, 2.75) is 20.4 Å². The maximum absolute atomic E-state index is 12.1. The smallest absolute Gasteiger partial charge is 0.251 e. The largest absolute Gasteiger partial charge is 0.497 e. The predicted molar refractivity (Wildman–Crippen MR) is 115 cm³/mol. The van der Waals surface area contributed by atoms with Gasteiger partial charge in [0.05, 0.1) is 19.3 Å². The Morgan fingerprint density at radius 3 is 2.59 bits per heavy atom. The molecule has 0 unspecified atom stereocenters. The van der Waals surface area contributed by atoms with Crippen LogP contribution in [0.4, 0.5) is 0 Å². The molecule has 1 aromatic heterocycles. The average molecular weight is 487 g/mol. The van der Waals surface area contributed by atoms with Gasteiger partial charge in [0, 0.05) is 25.7 Å². The van der Waals surface area contributed by atoms with Crippen molar-refractivity contribution < 1.29 is 13.9 Å². The van der Waals surface area contributed by atoms with E-state index >= 15 is 0 Å². The molecule has 27 heavy (non-hydrogen) atoms. The highest BCUT2D eigenvalue weighted by atomic mass is 127. The lowest BCUT2D eigenvalue weighted by Crippen LogP contribution is -2.41. The number of nitrogens with one attached hydrogen (secondary N) is 3. The third kappa shape index (κ3) is 7.08. The van der Waals surface area contributed by atoms with Gasteiger partial charge in [0.1, 0.15) is 11.5 Å². The SMILES string of the molecule is CN=C(NCCNC(=O)c1cccc(OC)c1)NCc1nc(C)c(C)o1.I. The first-order chi connectivity index (χ1) is 12.5. The Kier molecular flexibility index (Phi) is 9.62. The number of aryl methyl sites for hydroxylation is 2. The minimum Gasteiger partial charge on any atom is -0.497 e. The molecule has 3 N–H and O–H groups in total. The molecule has 0 spiro atoms. The van der Waals surface area contributed by atoms with Crippen LogP contribution in [0, 0.1) is 13.8 Å². The van der Waals surface area contributed by atoms with Gasteiger partial charge in [0.15, 0.2) is 5.96 Å². The molecule has 2 aromatic rings. The van der Waals surface area contributed by atoms with Crippen molar-refractivity contribution in [3.63, 3.8) is 0 Å². The zero-order chi connectivity index (χ0) is 18.9. The molecule has 0 aliphatic rings. The number of aliphatic imine (C=N–C) groups is 1. The van der Waals surface area contributed by atoms with Gasteiger partial charge in [0.25, 0.3) is 5.91 Å². The minimum absolute atomic E-state index is 0. The number of aromatic nitrogens is 1. The second-order valence-electron chi connectivity index (χ2n) is 5.59. The van der Waals surface area contributed by atoms with E-state index in [0.29, 0.717) is 42.8 Å². The molecule has 9 heteroatoms. The molecule has 0 aliphatic heterocycles. The maximum Gasteiger partial charge on any atom is 0.251 e. The molecule has 8 nitrogen and oxygen atoms in total. The van der Waals surface area contributed by atoms with Crippen molar-refractivity contribution in [3.05, 3.63) is 47.2 Å². The van der Waals surface area contributed by atoms with Gasteiger partial charge in [-0.25, -0.2) is 4.98 Å². The number of methoxy groups -OCH3 is 1. The second kappa shape index (κ2) is 11.4. The second-order valence-corrected chi connectivity index (χ2v) is 5.59. The van der Waals surface area contributed by atoms with E-state index in [4.69, 9.17) is 9.15 Å². The molecule has 0 aliphatic carbocycles. The number of rotatable bonds is 7. The molecule has 0 atom stereocenters. The van der Waals surface area contributed by atoms with Crippen LogP contribution in [0.1, 0.15) is 27.7 Å². The number of amides is 1. The monoisotopic (exact) mass is 487 g/mol. The number of benzene rings is 1. The Bertz CT molecular complexity index is 757. The van der Waals surface area contributed by atoms with Gasteiger partial charge in [-0.2, -0.15) is 0 Å². The van der Waals surface area contributed by atoms with Crippen LogP contribution < -0.4 is 20.7 Å². The predicted octanol–water partition coefficient (Wildman–Crippen LogP) is 2.01. The highest BCUT2D eigenvalue weighted by molar-refractivity contribution is 14.0. The Balaban J connectivity index is 0.00000364. The number of halogens is 1. The fraction of sp³-hybridized carbons (Fsp3) is 0.389. The maximum atomic E-state index is 12.1. The molecule has 1 amide bonds. The van der Waals surface area contributed by atoms with Crippen molar-refractivity contribution in [1.29, 1.82) is 0 Å². The summed E-state index contributed by atoms with van der Waals surface area (Å²) in [5.74, 6) is 2.52. The lowest BCUT2D eigenvalue weighted by atomic mass is 10.2. The number of hydrogen-bond donors (Lipinski definition) is 3. The lowest BCUT2D eigenvalue weighted by Gasteiger charge is -2.11. The number of ether oxygens (including phenoxy) is 1. The van der Waals surface area contributed by atoms with Crippen molar-refractivity contribution in [1.82, 2.24) is 20.9 Å². The van der Waals surface area contributed by atoms with E-state index in [1.807, 2.05) is 13.8 Å². The topological polar surface area (TPSA) is 101 Å². The summed E-state index contributed by atoms with van der Waals surface area (Å²) < 4.78 is 10.6. The summed E-state index contributed by atoms with van der Waals surface area (Å²) in [7, 11) is 3.25. The van der Waals surface area contributed by atoms with E-state index in [1.54, 1.807) is 38.4 Å². The molecule has 1 heterocycles. The van der Waals surface area contributed by atoms with Crippen molar-refractivity contribution in [2.24, 2.45) is 4.99 Å². The highest BCUT2D eigenvalue weighted by Gasteiger charge is 2.07. The van der Waals surface area contributed by atoms with E-state index in [0.717, 1.165) is 11.5 Å². The van der Waals surface area contributed by atoms with Crippen LogP contribution in [0.5, 0.6) is 5.75 Å². The number of nitrogens with zero attached hydrogens (tertiary/aromatic N) is 2. The summed E-state index contributed by atoms with van der Waals surface area (Å²) in [6.45, 7) is 5.20. The van der Waals surface area contributed by atoms with Crippen LogP contribution in [0.2, 0.25) is 0 Å². The molecule has 0 saturated carbocycles. The Morgan fingerprint density at radius 1 is 1.22 bits per heavy atom. The third-order valence-corrected chi connectivity index (χ3v) is 3.74. The summed E-state index contributed by atoms with van der Waals surface area (Å²) in [5.41, 5.74) is 1.44. The summed E-state index contributed by atoms with van der Waals surface area (Å²) in [6.07, 6.45) is 0. The van der Waals surface area contributed by atoms with Gasteiger partial charge < -0.3 is 25.1 Å². The molecular weight excluding hydrogens is 461 g/mol. The highest BCUT2D eigenvalue weighted by Crippen LogP contribution is 2.12. The summed E-state index contributed by atoms with van der Waals surface area (Å²) >= 11 is 0. The van der Waals surface area contributed by atoms with Crippen molar-refractivity contribution in [3.8, 4) is 5.75 Å². The molecule has 0 radical (unpaired) electrons. The fourth-order valence-electron chi connectivity index (χ4n) is 2.22. The van der Waals surface area contributed by atoms with E-state index in [9.17, 15) is 4.79 Å². The Morgan fingerprint density at radius 2 is 1.96 bits per heavy atom. The summed E-state index contributed by atoms with van der Waals surface area (Å²) in [4.78, 5) is 20.5. The first-order valence-electron chi connectivity index (χ1n) is 8.33. The number of guanidine groups is 1. The van der Waals surface area contributed by atoms with Gasteiger partial charge in [-0.15, -0.1) is 24.0 Å². The van der Waals surface area contributed by atoms with E-state index in [1.165, 1.54) is 0 Å². The average Bonchev–Trinajstić information content (AvgIpc) is 2.98. The number of carbonyl (C=O) groups excluding carboxylic acids is 1. The van der Waals surface area contributed by atoms with Crippen LogP contribution in [-0.2, 0) is 6.54 Å². The lowest BCUT2D eigenvalue weighted by molar-refractivity contribution is 0.0954. The van der Waals surface area contributed by atoms with Crippen LogP contribution >= 0.6 is 24.0 Å². The van der Waals surface area contributed by atoms with E-state index < -0.39 is 0 Å². The Labute approximate surface area is 176 Å². The summed E-state index contributed by atoms with van der Waals surface area (Å²) in [5, 5.41) is 9.08. The van der Waals surface area contributed by atoms with Crippen molar-refractivity contribution >= 4 is 35.8 Å². The van der Waals surface area contributed by atoms with Gasteiger partial charge in [-0.05, 0) is 32.0 Å². The molecular formula is C18H26IN5O3. The fourth-order valence-corrected chi connectivity index (χ4v) is 2.22. The van der Waals surface area contributed by atoms with Gasteiger partial charge in [-0.1, -0.05) is 6.07 Å². The molecule has 1 aromatic carbocycles. The van der Waals surface area contributed by atoms with E-state index in [-0.39, 0.29) is 29.9 Å². The number of hydrogen-bond acceptors (Lipinski definition) is 5. The van der Waals surface area contributed by atoms with Gasteiger partial charge in [0.2, 0.25) is 5.89 Å². The van der Waals surface area contributed by atoms with Gasteiger partial charge >= 0.3 is 0 Å². The minimum atomic E-state index is -0.153. The van der Waals surface area contributed by atoms with Crippen LogP contribution in [0.25, 0.3) is 0 Å². The molecule has 2 rings (SSSR count). The normalized spacial score (nSPS) is 10.7. The molecule has 0 fully saturated rings. The number of oxazole rings is 1. The molecule has 0 saturated heterocycles. The summed E-state index contributed by atoms with van der Waals surface area (Å²) in [6, 6.07) is 7.02. The molecule has 0 bridgehead atoms. The zero-order valence-corrected chi connectivity index (χ0v) is 18.3. The zero-order valence-electron chi connectivity index (χ0n) is 16.0. The standard InChI is InChI=1S/C18H25N5O3.HI/c1-12-13(2)26-16(23-12)11-22-18(19-3)21-9-8-20-17(24)14-6-5-7-15(10-14)25-4;/h5-7,10H,8-9,11H2,1-4H3,(H,20,24)(H2,19,21,22);1H. The van der Waals surface area contributed by atoms with E-state index in [2.05, 4.69) is 25.9 Å². The van der Waals surface area contributed by atoms with Crippen LogP contribution in [-0.4, -0.2) is 44.1 Å². The molecule has 148 valence electrons. The van der Waals surface area contributed by atoms with Crippen molar-refractivity contribution in [2.75, 3.05) is 27.2 Å². The van der Waals surface area contributed by atoms with Gasteiger partial charge in [-0.3, -0.25) is 9.79 Å². The quantitative estimate of drug-likeness (QED) is 0.239. The first-order valence-corrected chi connectivity index (χ1v) is 8.33. The first kappa shape index (κ1) is 22.7. The third-order valence-electron chi connectivity index (χ3n) is 3.74. The number of carbonyl (C=O) groups is 1. The van der Waals surface area contributed by atoms with Crippen LogP contribution in [0.15, 0.2) is 33.7 Å². The van der Waals surface area contributed by atoms with Crippen LogP contribution in [0.3, 0.4) is 0 Å².